The number of amides is 1. The highest BCUT2D eigenvalue weighted by Crippen LogP contribution is 2.35. The Morgan fingerprint density at radius 3 is 2.05 bits per heavy atom. The molecule has 2 heterocycles. The number of ether oxygens (including phenoxy) is 1. The highest BCUT2D eigenvalue weighted by Gasteiger charge is 2.28. The average Bonchev–Trinajstić information content (AvgIpc) is 2.97. The van der Waals surface area contributed by atoms with Gasteiger partial charge in [-0.2, -0.15) is 0 Å². The van der Waals surface area contributed by atoms with Gasteiger partial charge in [-0.1, -0.05) is 23.7 Å². The predicted octanol–water partition coefficient (Wildman–Crippen LogP) is 4.55. The first-order chi connectivity index (χ1) is 18.4. The number of piperazine rings is 2. The molecule has 0 unspecified atom stereocenters. The molecule has 0 spiro atoms. The Labute approximate surface area is 226 Å². The molecule has 38 heavy (non-hydrogen) atoms. The van der Waals surface area contributed by atoms with E-state index in [-0.39, 0.29) is 16.5 Å². The van der Waals surface area contributed by atoms with Gasteiger partial charge in [-0.15, -0.1) is 0 Å². The van der Waals surface area contributed by atoms with Gasteiger partial charge in [0.25, 0.3) is 11.6 Å². The number of nitro groups is 1. The first kappa shape index (κ1) is 25.7. The van der Waals surface area contributed by atoms with Crippen LogP contribution in [0.1, 0.15) is 10.4 Å². The van der Waals surface area contributed by atoms with Crippen LogP contribution in [0, 0.1) is 10.1 Å². The number of rotatable bonds is 6. The molecule has 10 heteroatoms. The molecular formula is C28H30ClN5O4. The van der Waals surface area contributed by atoms with Gasteiger partial charge in [-0.05, 0) is 48.5 Å². The van der Waals surface area contributed by atoms with Gasteiger partial charge in [-0.25, -0.2) is 0 Å². The number of nitrogens with zero attached hydrogens (tertiary/aromatic N) is 5. The number of halogens is 1. The number of carbonyl (C=O) groups excluding carboxylic acids is 1. The Morgan fingerprint density at radius 2 is 1.42 bits per heavy atom. The van der Waals surface area contributed by atoms with Gasteiger partial charge >= 0.3 is 0 Å². The highest BCUT2D eigenvalue weighted by atomic mass is 35.5. The lowest BCUT2D eigenvalue weighted by molar-refractivity contribution is -0.384. The van der Waals surface area contributed by atoms with Crippen molar-refractivity contribution in [2.45, 2.75) is 0 Å². The van der Waals surface area contributed by atoms with Crippen molar-refractivity contribution in [2.75, 3.05) is 74.2 Å². The fourth-order valence-corrected chi connectivity index (χ4v) is 5.26. The molecule has 3 aromatic rings. The van der Waals surface area contributed by atoms with Gasteiger partial charge in [0.05, 0.1) is 17.7 Å². The van der Waals surface area contributed by atoms with Crippen molar-refractivity contribution in [1.29, 1.82) is 0 Å². The summed E-state index contributed by atoms with van der Waals surface area (Å²) in [5.41, 5.74) is 3.32. The van der Waals surface area contributed by atoms with Crippen LogP contribution in [-0.4, -0.2) is 75.2 Å². The van der Waals surface area contributed by atoms with Crippen molar-refractivity contribution in [3.05, 3.63) is 87.4 Å². The van der Waals surface area contributed by atoms with Gasteiger partial charge in [0, 0.05) is 74.7 Å². The van der Waals surface area contributed by atoms with Crippen molar-refractivity contribution >= 4 is 40.3 Å². The summed E-state index contributed by atoms with van der Waals surface area (Å²) in [6.45, 7) is 5.23. The number of nitro benzene ring substituents is 1. The van der Waals surface area contributed by atoms with E-state index in [0.29, 0.717) is 55.5 Å². The Kier molecular flexibility index (Phi) is 7.55. The molecule has 0 saturated carbocycles. The van der Waals surface area contributed by atoms with E-state index in [0.717, 1.165) is 30.2 Å². The van der Waals surface area contributed by atoms with Gasteiger partial charge in [0.2, 0.25) is 0 Å². The standard InChI is InChI=1S/C28H30ClN5O4/c1-38-27-5-3-2-4-25(27)31-14-16-32(17-15-31)26-20-23(10-11-24(26)34(36)37)30-12-18-33(19-13-30)28(35)21-6-8-22(29)9-7-21/h2-11,20H,12-19H2,1H3. The molecule has 0 atom stereocenters. The van der Waals surface area contributed by atoms with Crippen molar-refractivity contribution < 1.29 is 14.5 Å². The van der Waals surface area contributed by atoms with Crippen molar-refractivity contribution in [3.63, 3.8) is 0 Å². The Balaban J connectivity index is 1.27. The summed E-state index contributed by atoms with van der Waals surface area (Å²) >= 11 is 5.95. The lowest BCUT2D eigenvalue weighted by Crippen LogP contribution is -2.49. The lowest BCUT2D eigenvalue weighted by Gasteiger charge is -2.39. The minimum atomic E-state index is -0.311. The molecule has 3 aromatic carbocycles. The van der Waals surface area contributed by atoms with E-state index in [1.165, 1.54) is 0 Å². The molecule has 0 radical (unpaired) electrons. The van der Waals surface area contributed by atoms with Gasteiger partial charge in [0.1, 0.15) is 11.4 Å². The largest absolute Gasteiger partial charge is 0.495 e. The maximum Gasteiger partial charge on any atom is 0.292 e. The third-order valence-electron chi connectivity index (χ3n) is 7.23. The molecule has 2 aliphatic heterocycles. The summed E-state index contributed by atoms with van der Waals surface area (Å²) in [6.07, 6.45) is 0. The molecule has 0 N–H and O–H groups in total. The number of methoxy groups -OCH3 is 1. The Bertz CT molecular complexity index is 1300. The molecule has 2 saturated heterocycles. The van der Waals surface area contributed by atoms with Crippen LogP contribution in [0.5, 0.6) is 5.75 Å². The molecule has 198 valence electrons. The molecule has 0 aliphatic carbocycles. The number of para-hydroxylation sites is 2. The van der Waals surface area contributed by atoms with Crippen LogP contribution < -0.4 is 19.4 Å². The molecule has 2 fully saturated rings. The van der Waals surface area contributed by atoms with Gasteiger partial charge in [-0.3, -0.25) is 14.9 Å². The third kappa shape index (κ3) is 5.33. The fourth-order valence-electron chi connectivity index (χ4n) is 5.14. The zero-order valence-corrected chi connectivity index (χ0v) is 22.0. The van der Waals surface area contributed by atoms with Crippen molar-refractivity contribution in [3.8, 4) is 5.75 Å². The summed E-state index contributed by atoms with van der Waals surface area (Å²) in [5, 5.41) is 12.5. The second-order valence-electron chi connectivity index (χ2n) is 9.36. The topological polar surface area (TPSA) is 82.4 Å². The van der Waals surface area contributed by atoms with Gasteiger partial charge < -0.3 is 24.3 Å². The van der Waals surface area contributed by atoms with E-state index >= 15 is 0 Å². The van der Waals surface area contributed by atoms with E-state index in [1.54, 1.807) is 37.4 Å². The predicted molar refractivity (Wildman–Crippen MR) is 150 cm³/mol. The number of hydrogen-bond donors (Lipinski definition) is 0. The number of anilines is 3. The lowest BCUT2D eigenvalue weighted by atomic mass is 10.1. The average molecular weight is 536 g/mol. The van der Waals surface area contributed by atoms with E-state index in [1.807, 2.05) is 41.3 Å². The molecule has 0 aromatic heterocycles. The van der Waals surface area contributed by atoms with Crippen LogP contribution in [0.4, 0.5) is 22.7 Å². The molecule has 2 aliphatic rings. The Morgan fingerprint density at radius 1 is 0.816 bits per heavy atom. The molecular weight excluding hydrogens is 506 g/mol. The van der Waals surface area contributed by atoms with Crippen molar-refractivity contribution in [1.82, 2.24) is 4.90 Å². The van der Waals surface area contributed by atoms with E-state index in [4.69, 9.17) is 16.3 Å². The van der Waals surface area contributed by atoms with E-state index < -0.39 is 0 Å². The maximum atomic E-state index is 12.9. The molecule has 0 bridgehead atoms. The van der Waals surface area contributed by atoms with Gasteiger partial charge in [0.15, 0.2) is 0 Å². The smallest absolute Gasteiger partial charge is 0.292 e. The molecule has 1 amide bonds. The zero-order valence-electron chi connectivity index (χ0n) is 21.3. The summed E-state index contributed by atoms with van der Waals surface area (Å²) in [5.74, 6) is 0.807. The second-order valence-corrected chi connectivity index (χ2v) is 9.80. The fraction of sp³-hybridized carbons (Fsp3) is 0.321. The number of benzene rings is 3. The minimum absolute atomic E-state index is 0.0152. The Hall–Kier alpha value is -3.98. The zero-order chi connectivity index (χ0) is 26.6. The third-order valence-corrected chi connectivity index (χ3v) is 7.48. The normalized spacial score (nSPS) is 15.9. The number of carbonyl (C=O) groups is 1. The summed E-state index contributed by atoms with van der Waals surface area (Å²) in [6, 6.07) is 20.2. The number of hydrogen-bond acceptors (Lipinski definition) is 7. The van der Waals surface area contributed by atoms with Crippen LogP contribution in [0.25, 0.3) is 0 Å². The summed E-state index contributed by atoms with van der Waals surface area (Å²) < 4.78 is 5.52. The minimum Gasteiger partial charge on any atom is -0.495 e. The van der Waals surface area contributed by atoms with Crippen LogP contribution in [0.3, 0.4) is 0 Å². The van der Waals surface area contributed by atoms with E-state index in [2.05, 4.69) is 14.7 Å². The molecule has 9 nitrogen and oxygen atoms in total. The van der Waals surface area contributed by atoms with Crippen LogP contribution in [-0.2, 0) is 0 Å². The SMILES string of the molecule is COc1ccccc1N1CCN(c2cc(N3CCN(C(=O)c4ccc(Cl)cc4)CC3)ccc2[N+](=O)[O-])CC1. The summed E-state index contributed by atoms with van der Waals surface area (Å²) in [7, 11) is 1.66. The molecule has 5 rings (SSSR count). The summed E-state index contributed by atoms with van der Waals surface area (Å²) in [4.78, 5) is 32.8. The van der Waals surface area contributed by atoms with E-state index in [9.17, 15) is 14.9 Å². The van der Waals surface area contributed by atoms with Crippen LogP contribution in [0.2, 0.25) is 5.02 Å². The van der Waals surface area contributed by atoms with Crippen LogP contribution in [0.15, 0.2) is 66.7 Å². The first-order valence-corrected chi connectivity index (χ1v) is 13.0. The highest BCUT2D eigenvalue weighted by molar-refractivity contribution is 6.30. The van der Waals surface area contributed by atoms with Crippen molar-refractivity contribution in [2.24, 2.45) is 0 Å². The van der Waals surface area contributed by atoms with Crippen LogP contribution >= 0.6 is 11.6 Å². The maximum absolute atomic E-state index is 12.9. The second kappa shape index (κ2) is 11.2. The monoisotopic (exact) mass is 535 g/mol. The quantitative estimate of drug-likeness (QED) is 0.338. The first-order valence-electron chi connectivity index (χ1n) is 12.7.